The second-order valence-electron chi connectivity index (χ2n) is 5.41. The molecule has 0 aliphatic rings. The van der Waals surface area contributed by atoms with Crippen molar-refractivity contribution >= 4 is 5.69 Å². The summed E-state index contributed by atoms with van der Waals surface area (Å²) in [5.41, 5.74) is 3.38. The Morgan fingerprint density at radius 2 is 1.78 bits per heavy atom. The molecule has 0 fully saturated rings. The Hall–Kier alpha value is -2.20. The van der Waals surface area contributed by atoms with Gasteiger partial charge in [-0.05, 0) is 43.2 Å². The van der Waals surface area contributed by atoms with E-state index in [0.717, 1.165) is 29.3 Å². The van der Waals surface area contributed by atoms with Crippen LogP contribution < -0.4 is 14.8 Å². The topological polar surface area (TPSA) is 39.7 Å². The lowest BCUT2D eigenvalue weighted by atomic mass is 10.1. The van der Waals surface area contributed by atoms with Crippen molar-refractivity contribution in [1.29, 1.82) is 0 Å². The van der Waals surface area contributed by atoms with Crippen molar-refractivity contribution in [2.75, 3.05) is 38.8 Å². The molecule has 0 bridgehead atoms. The Labute approximate surface area is 138 Å². The van der Waals surface area contributed by atoms with E-state index in [0.29, 0.717) is 19.8 Å². The molecule has 2 rings (SSSR count). The SMILES string of the molecule is COCCOc1cccc(NCCOc2cc(C)ccc2C)c1. The smallest absolute Gasteiger partial charge is 0.122 e. The van der Waals surface area contributed by atoms with Gasteiger partial charge >= 0.3 is 0 Å². The lowest BCUT2D eigenvalue weighted by molar-refractivity contribution is 0.146. The Morgan fingerprint density at radius 1 is 0.913 bits per heavy atom. The van der Waals surface area contributed by atoms with Gasteiger partial charge in [0.25, 0.3) is 0 Å². The van der Waals surface area contributed by atoms with Crippen LogP contribution >= 0.6 is 0 Å². The van der Waals surface area contributed by atoms with E-state index in [4.69, 9.17) is 14.2 Å². The van der Waals surface area contributed by atoms with Gasteiger partial charge in [-0.1, -0.05) is 18.2 Å². The third kappa shape index (κ3) is 5.83. The normalized spacial score (nSPS) is 10.4. The first kappa shape index (κ1) is 17.2. The number of hydrogen-bond donors (Lipinski definition) is 1. The average Bonchev–Trinajstić information content (AvgIpc) is 2.55. The molecule has 0 amide bonds. The molecule has 2 aromatic rings. The van der Waals surface area contributed by atoms with Gasteiger partial charge in [0, 0.05) is 25.4 Å². The van der Waals surface area contributed by atoms with E-state index in [1.165, 1.54) is 5.56 Å². The Morgan fingerprint density at radius 3 is 2.61 bits per heavy atom. The van der Waals surface area contributed by atoms with Crippen LogP contribution in [-0.2, 0) is 4.74 Å². The Kier molecular flexibility index (Phi) is 6.76. The standard InChI is InChI=1S/C19H25NO3/c1-15-7-8-16(2)19(13-15)23-10-9-20-17-5-4-6-18(14-17)22-12-11-21-3/h4-8,13-14,20H,9-12H2,1-3H3. The van der Waals surface area contributed by atoms with Crippen LogP contribution in [0.5, 0.6) is 11.5 Å². The molecule has 0 heterocycles. The molecule has 0 saturated carbocycles. The Bertz CT molecular complexity index is 613. The molecule has 0 spiro atoms. The van der Waals surface area contributed by atoms with E-state index >= 15 is 0 Å². The lowest BCUT2D eigenvalue weighted by Gasteiger charge is -2.12. The fourth-order valence-corrected chi connectivity index (χ4v) is 2.16. The number of aryl methyl sites for hydroxylation is 2. The number of anilines is 1. The first-order valence-electron chi connectivity index (χ1n) is 7.85. The minimum atomic E-state index is 0.551. The molecule has 0 atom stereocenters. The van der Waals surface area contributed by atoms with E-state index in [2.05, 4.69) is 37.4 Å². The van der Waals surface area contributed by atoms with Crippen molar-refractivity contribution in [2.24, 2.45) is 0 Å². The molecular formula is C19H25NO3. The molecule has 124 valence electrons. The summed E-state index contributed by atoms with van der Waals surface area (Å²) in [6, 6.07) is 14.1. The maximum atomic E-state index is 5.84. The molecular weight excluding hydrogens is 290 g/mol. The van der Waals surface area contributed by atoms with E-state index in [1.54, 1.807) is 7.11 Å². The van der Waals surface area contributed by atoms with Crippen molar-refractivity contribution in [3.8, 4) is 11.5 Å². The number of ether oxygens (including phenoxy) is 3. The molecule has 0 unspecified atom stereocenters. The fraction of sp³-hybridized carbons (Fsp3) is 0.368. The molecule has 2 aromatic carbocycles. The minimum Gasteiger partial charge on any atom is -0.491 e. The summed E-state index contributed by atoms with van der Waals surface area (Å²) in [5.74, 6) is 1.78. The van der Waals surface area contributed by atoms with Crippen molar-refractivity contribution in [3.05, 3.63) is 53.6 Å². The van der Waals surface area contributed by atoms with Crippen LogP contribution in [0, 0.1) is 13.8 Å². The van der Waals surface area contributed by atoms with Gasteiger partial charge in [0.1, 0.15) is 24.7 Å². The van der Waals surface area contributed by atoms with E-state index in [1.807, 2.05) is 24.3 Å². The molecule has 0 aromatic heterocycles. The third-order valence-electron chi connectivity index (χ3n) is 3.42. The summed E-state index contributed by atoms with van der Waals surface area (Å²) >= 11 is 0. The van der Waals surface area contributed by atoms with Gasteiger partial charge in [-0.25, -0.2) is 0 Å². The van der Waals surface area contributed by atoms with Crippen molar-refractivity contribution in [1.82, 2.24) is 0 Å². The summed E-state index contributed by atoms with van der Waals surface area (Å²) in [6.45, 7) is 6.60. The largest absolute Gasteiger partial charge is 0.491 e. The summed E-state index contributed by atoms with van der Waals surface area (Å²) < 4.78 is 16.4. The van der Waals surface area contributed by atoms with Gasteiger partial charge < -0.3 is 19.5 Å². The van der Waals surface area contributed by atoms with Crippen molar-refractivity contribution < 1.29 is 14.2 Å². The summed E-state index contributed by atoms with van der Waals surface area (Å²) in [6.07, 6.45) is 0. The first-order chi connectivity index (χ1) is 11.2. The predicted octanol–water partition coefficient (Wildman–Crippen LogP) is 3.82. The van der Waals surface area contributed by atoms with Crippen LogP contribution in [0.2, 0.25) is 0 Å². The van der Waals surface area contributed by atoms with Crippen LogP contribution in [-0.4, -0.2) is 33.5 Å². The summed E-state index contributed by atoms with van der Waals surface area (Å²) in [5, 5.41) is 3.34. The maximum absolute atomic E-state index is 5.84. The van der Waals surface area contributed by atoms with Crippen molar-refractivity contribution in [2.45, 2.75) is 13.8 Å². The molecule has 0 aliphatic carbocycles. The number of benzene rings is 2. The van der Waals surface area contributed by atoms with E-state index in [-0.39, 0.29) is 0 Å². The van der Waals surface area contributed by atoms with Crippen LogP contribution in [0.15, 0.2) is 42.5 Å². The van der Waals surface area contributed by atoms with Crippen molar-refractivity contribution in [3.63, 3.8) is 0 Å². The van der Waals surface area contributed by atoms with Gasteiger partial charge in [0.05, 0.1) is 6.61 Å². The molecule has 1 N–H and O–H groups in total. The zero-order valence-corrected chi connectivity index (χ0v) is 14.1. The van der Waals surface area contributed by atoms with E-state index in [9.17, 15) is 0 Å². The molecule has 4 heteroatoms. The van der Waals surface area contributed by atoms with Gasteiger partial charge in [0.2, 0.25) is 0 Å². The fourth-order valence-electron chi connectivity index (χ4n) is 2.16. The summed E-state index contributed by atoms with van der Waals surface area (Å²) in [4.78, 5) is 0. The minimum absolute atomic E-state index is 0.551. The Balaban J connectivity index is 1.77. The van der Waals surface area contributed by atoms with Crippen LogP contribution in [0.3, 0.4) is 0 Å². The zero-order valence-electron chi connectivity index (χ0n) is 14.1. The molecule has 4 nitrogen and oxygen atoms in total. The molecule has 0 saturated heterocycles. The van der Waals surface area contributed by atoms with Crippen LogP contribution in [0.1, 0.15) is 11.1 Å². The number of methoxy groups -OCH3 is 1. The number of nitrogens with one attached hydrogen (secondary N) is 1. The molecule has 23 heavy (non-hydrogen) atoms. The number of rotatable bonds is 9. The summed E-state index contributed by atoms with van der Waals surface area (Å²) in [7, 11) is 1.66. The first-order valence-corrected chi connectivity index (χ1v) is 7.85. The molecule has 0 radical (unpaired) electrons. The highest BCUT2D eigenvalue weighted by Crippen LogP contribution is 2.19. The van der Waals surface area contributed by atoms with Crippen LogP contribution in [0.25, 0.3) is 0 Å². The van der Waals surface area contributed by atoms with Gasteiger partial charge in [-0.3, -0.25) is 0 Å². The average molecular weight is 315 g/mol. The third-order valence-corrected chi connectivity index (χ3v) is 3.42. The van der Waals surface area contributed by atoms with Gasteiger partial charge in [0.15, 0.2) is 0 Å². The monoisotopic (exact) mass is 315 g/mol. The maximum Gasteiger partial charge on any atom is 0.122 e. The van der Waals surface area contributed by atoms with Gasteiger partial charge in [-0.2, -0.15) is 0 Å². The van der Waals surface area contributed by atoms with Crippen LogP contribution in [0.4, 0.5) is 5.69 Å². The predicted molar refractivity (Wildman–Crippen MR) is 93.7 cm³/mol. The lowest BCUT2D eigenvalue weighted by Crippen LogP contribution is -2.12. The highest BCUT2D eigenvalue weighted by atomic mass is 16.5. The highest BCUT2D eigenvalue weighted by Gasteiger charge is 2.00. The molecule has 0 aliphatic heterocycles. The quantitative estimate of drug-likeness (QED) is 0.714. The zero-order chi connectivity index (χ0) is 16.5. The second-order valence-corrected chi connectivity index (χ2v) is 5.41. The number of hydrogen-bond acceptors (Lipinski definition) is 4. The van der Waals surface area contributed by atoms with E-state index < -0.39 is 0 Å². The highest BCUT2D eigenvalue weighted by molar-refractivity contribution is 5.48. The van der Waals surface area contributed by atoms with Gasteiger partial charge in [-0.15, -0.1) is 0 Å². The second kappa shape index (κ2) is 9.06.